The molecule has 0 atom stereocenters. The van der Waals surface area contributed by atoms with Gasteiger partial charge in [0.25, 0.3) is 0 Å². The molecule has 5 heteroatoms. The largest absolute Gasteiger partial charge is 0.478 e. The zero-order valence-corrected chi connectivity index (χ0v) is 12.3. The summed E-state index contributed by atoms with van der Waals surface area (Å²) in [5, 5.41) is 9.09. The second-order valence-corrected chi connectivity index (χ2v) is 6.33. The summed E-state index contributed by atoms with van der Waals surface area (Å²) in [7, 11) is 0. The summed E-state index contributed by atoms with van der Waals surface area (Å²) in [4.78, 5) is 15.7. The van der Waals surface area contributed by atoms with E-state index in [1.807, 2.05) is 17.8 Å². The number of hydrogen-bond acceptors (Lipinski definition) is 3. The van der Waals surface area contributed by atoms with Gasteiger partial charge in [0.15, 0.2) is 0 Å². The Labute approximate surface area is 122 Å². The maximum absolute atomic E-state index is 11.1. The Bertz CT molecular complexity index is 645. The number of aromatic nitrogens is 2. The molecule has 1 aromatic carbocycles. The molecule has 0 unspecified atom stereocenters. The number of aromatic carboxylic acids is 1. The van der Waals surface area contributed by atoms with E-state index in [9.17, 15) is 4.79 Å². The molecule has 1 N–H and O–H groups in total. The van der Waals surface area contributed by atoms with Gasteiger partial charge in [-0.2, -0.15) is 11.8 Å². The lowest BCUT2D eigenvalue weighted by Gasteiger charge is -2.25. The highest BCUT2D eigenvalue weighted by Crippen LogP contribution is 2.32. The van der Waals surface area contributed by atoms with Crippen LogP contribution < -0.4 is 0 Å². The van der Waals surface area contributed by atoms with Gasteiger partial charge in [0.05, 0.1) is 16.6 Å². The summed E-state index contributed by atoms with van der Waals surface area (Å²) >= 11 is 2.01. The molecule has 3 rings (SSSR count). The van der Waals surface area contributed by atoms with E-state index >= 15 is 0 Å². The molecule has 1 saturated heterocycles. The molecule has 2 aromatic rings. The first-order valence-electron chi connectivity index (χ1n) is 7.02. The van der Waals surface area contributed by atoms with Crippen LogP contribution in [0.5, 0.6) is 0 Å². The van der Waals surface area contributed by atoms with Gasteiger partial charge in [-0.1, -0.05) is 6.92 Å². The quantitative estimate of drug-likeness (QED) is 0.941. The van der Waals surface area contributed by atoms with Crippen molar-refractivity contribution >= 4 is 28.8 Å². The van der Waals surface area contributed by atoms with E-state index in [4.69, 9.17) is 5.11 Å². The number of carbonyl (C=O) groups is 1. The monoisotopic (exact) mass is 290 g/mol. The SMILES string of the molecule is CCc1nc2cc(C(=O)O)ccc2n1C1CCSCC1. The zero-order valence-electron chi connectivity index (χ0n) is 11.5. The van der Waals surface area contributed by atoms with Crippen LogP contribution in [0.1, 0.15) is 42.0 Å². The normalized spacial score (nSPS) is 16.6. The number of fused-ring (bicyclic) bond motifs is 1. The van der Waals surface area contributed by atoms with Gasteiger partial charge in [-0.3, -0.25) is 0 Å². The summed E-state index contributed by atoms with van der Waals surface area (Å²) in [6.07, 6.45) is 3.22. The molecule has 4 nitrogen and oxygen atoms in total. The van der Waals surface area contributed by atoms with Gasteiger partial charge < -0.3 is 9.67 Å². The highest BCUT2D eigenvalue weighted by atomic mass is 32.2. The van der Waals surface area contributed by atoms with Crippen LogP contribution in [0.4, 0.5) is 0 Å². The Hall–Kier alpha value is -1.49. The summed E-state index contributed by atoms with van der Waals surface area (Å²) in [6.45, 7) is 2.10. The zero-order chi connectivity index (χ0) is 14.1. The third-order valence-corrected chi connectivity index (χ3v) is 4.93. The molecule has 0 radical (unpaired) electrons. The van der Waals surface area contributed by atoms with E-state index in [1.54, 1.807) is 12.1 Å². The van der Waals surface area contributed by atoms with Crippen molar-refractivity contribution in [3.63, 3.8) is 0 Å². The van der Waals surface area contributed by atoms with Gasteiger partial charge in [0.1, 0.15) is 5.82 Å². The number of thioether (sulfide) groups is 1. The molecule has 1 aliphatic heterocycles. The molecule has 2 heterocycles. The predicted octanol–water partition coefficient (Wildman–Crippen LogP) is 3.37. The van der Waals surface area contributed by atoms with E-state index < -0.39 is 5.97 Å². The van der Waals surface area contributed by atoms with Gasteiger partial charge in [0, 0.05) is 12.5 Å². The standard InChI is InChI=1S/C15H18N2O2S/c1-2-14-16-12-9-10(15(18)19)3-4-13(12)17(14)11-5-7-20-8-6-11/h3-4,9,11H,2,5-8H2,1H3,(H,18,19). The average molecular weight is 290 g/mol. The van der Waals surface area contributed by atoms with Gasteiger partial charge in [0.2, 0.25) is 0 Å². The van der Waals surface area contributed by atoms with E-state index in [2.05, 4.69) is 16.5 Å². The van der Waals surface area contributed by atoms with Crippen molar-refractivity contribution in [3.8, 4) is 0 Å². The van der Waals surface area contributed by atoms with Crippen molar-refractivity contribution < 1.29 is 9.90 Å². The lowest BCUT2D eigenvalue weighted by Crippen LogP contribution is -2.17. The molecule has 0 saturated carbocycles. The second kappa shape index (κ2) is 5.48. The molecule has 0 amide bonds. The Morgan fingerprint density at radius 1 is 1.45 bits per heavy atom. The molecule has 0 aliphatic carbocycles. The fourth-order valence-electron chi connectivity index (χ4n) is 2.88. The van der Waals surface area contributed by atoms with Crippen molar-refractivity contribution in [3.05, 3.63) is 29.6 Å². The molecule has 20 heavy (non-hydrogen) atoms. The lowest BCUT2D eigenvalue weighted by atomic mass is 10.1. The van der Waals surface area contributed by atoms with Crippen LogP contribution in [0.15, 0.2) is 18.2 Å². The lowest BCUT2D eigenvalue weighted by molar-refractivity contribution is 0.0697. The number of carboxylic acid groups (broad SMARTS) is 1. The molecule has 106 valence electrons. The van der Waals surface area contributed by atoms with Crippen LogP contribution in [0.25, 0.3) is 11.0 Å². The van der Waals surface area contributed by atoms with Crippen molar-refractivity contribution in [1.82, 2.24) is 9.55 Å². The van der Waals surface area contributed by atoms with Crippen molar-refractivity contribution in [2.24, 2.45) is 0 Å². The number of rotatable bonds is 3. The summed E-state index contributed by atoms with van der Waals surface area (Å²) in [5.41, 5.74) is 2.19. The number of nitrogens with zero attached hydrogens (tertiary/aromatic N) is 2. The molecular weight excluding hydrogens is 272 g/mol. The Morgan fingerprint density at radius 2 is 2.20 bits per heavy atom. The average Bonchev–Trinajstić information content (AvgIpc) is 2.85. The first kappa shape index (κ1) is 13.5. The maximum Gasteiger partial charge on any atom is 0.335 e. The number of aryl methyl sites for hydroxylation is 1. The Morgan fingerprint density at radius 3 is 2.85 bits per heavy atom. The molecule has 1 aliphatic rings. The van der Waals surface area contributed by atoms with Crippen LogP contribution in [-0.2, 0) is 6.42 Å². The van der Waals surface area contributed by atoms with Crippen LogP contribution in [-0.4, -0.2) is 32.1 Å². The highest BCUT2D eigenvalue weighted by Gasteiger charge is 2.21. The van der Waals surface area contributed by atoms with Crippen LogP contribution in [0.2, 0.25) is 0 Å². The van der Waals surface area contributed by atoms with Gasteiger partial charge >= 0.3 is 5.97 Å². The van der Waals surface area contributed by atoms with Crippen molar-refractivity contribution in [2.45, 2.75) is 32.2 Å². The van der Waals surface area contributed by atoms with E-state index in [0.29, 0.717) is 11.6 Å². The third kappa shape index (κ3) is 2.30. The van der Waals surface area contributed by atoms with Crippen LogP contribution >= 0.6 is 11.8 Å². The fourth-order valence-corrected chi connectivity index (χ4v) is 3.96. The topological polar surface area (TPSA) is 55.1 Å². The minimum atomic E-state index is -0.895. The first-order chi connectivity index (χ1) is 9.70. The number of hydrogen-bond donors (Lipinski definition) is 1. The smallest absolute Gasteiger partial charge is 0.335 e. The number of benzene rings is 1. The van der Waals surface area contributed by atoms with Crippen LogP contribution in [0.3, 0.4) is 0 Å². The summed E-state index contributed by atoms with van der Waals surface area (Å²) < 4.78 is 2.33. The second-order valence-electron chi connectivity index (χ2n) is 5.10. The fraction of sp³-hybridized carbons (Fsp3) is 0.467. The molecule has 1 fully saturated rings. The molecular formula is C15H18N2O2S. The minimum Gasteiger partial charge on any atom is -0.478 e. The van der Waals surface area contributed by atoms with E-state index in [0.717, 1.165) is 23.3 Å². The Balaban J connectivity index is 2.11. The number of imidazole rings is 1. The van der Waals surface area contributed by atoms with Gasteiger partial charge in [-0.25, -0.2) is 9.78 Å². The third-order valence-electron chi connectivity index (χ3n) is 3.88. The molecule has 1 aromatic heterocycles. The summed E-state index contributed by atoms with van der Waals surface area (Å²) in [6, 6.07) is 5.78. The van der Waals surface area contributed by atoms with Crippen molar-refractivity contribution in [2.75, 3.05) is 11.5 Å². The summed E-state index contributed by atoms with van der Waals surface area (Å²) in [5.74, 6) is 2.56. The molecule has 0 bridgehead atoms. The number of carboxylic acids is 1. The van der Waals surface area contributed by atoms with Crippen LogP contribution in [0, 0.1) is 0 Å². The van der Waals surface area contributed by atoms with Gasteiger partial charge in [-0.15, -0.1) is 0 Å². The first-order valence-corrected chi connectivity index (χ1v) is 8.18. The molecule has 0 spiro atoms. The van der Waals surface area contributed by atoms with E-state index in [-0.39, 0.29) is 0 Å². The maximum atomic E-state index is 11.1. The highest BCUT2D eigenvalue weighted by molar-refractivity contribution is 7.99. The van der Waals surface area contributed by atoms with E-state index in [1.165, 1.54) is 24.3 Å². The van der Waals surface area contributed by atoms with Gasteiger partial charge in [-0.05, 0) is 42.5 Å². The Kier molecular flexibility index (Phi) is 3.70. The minimum absolute atomic E-state index is 0.309. The predicted molar refractivity (Wildman–Crippen MR) is 81.7 cm³/mol. The van der Waals surface area contributed by atoms with Crippen molar-refractivity contribution in [1.29, 1.82) is 0 Å².